The van der Waals surface area contributed by atoms with Crippen molar-refractivity contribution in [3.05, 3.63) is 40.3 Å². The third kappa shape index (κ3) is 3.28. The standard InChI is InChI=1S/C18H18N4O4/c1-18(10-19,11-7-8-11)20-14(23)9-26-17(25)15-12-5-3-4-6-13(12)16(24)22(2)21-15/h3-6,11H,7-9H2,1-2H3,(H,20,23)/t18-/m0/s1. The van der Waals surface area contributed by atoms with Crippen molar-refractivity contribution in [1.29, 1.82) is 5.26 Å². The lowest BCUT2D eigenvalue weighted by molar-refractivity contribution is -0.125. The molecule has 0 aliphatic heterocycles. The summed E-state index contributed by atoms with van der Waals surface area (Å²) in [6.07, 6.45) is 1.77. The van der Waals surface area contributed by atoms with Crippen molar-refractivity contribution in [2.24, 2.45) is 13.0 Å². The molecule has 1 aromatic heterocycles. The monoisotopic (exact) mass is 354 g/mol. The highest BCUT2D eigenvalue weighted by atomic mass is 16.5. The molecule has 0 unspecified atom stereocenters. The number of ether oxygens (including phenoxy) is 1. The molecule has 0 bridgehead atoms. The molecule has 1 atom stereocenters. The summed E-state index contributed by atoms with van der Waals surface area (Å²) in [4.78, 5) is 36.5. The SMILES string of the molecule is Cn1nc(C(=O)OCC(=O)N[C@@](C)(C#N)C2CC2)c2ccccc2c1=O. The molecule has 1 amide bonds. The van der Waals surface area contributed by atoms with Crippen molar-refractivity contribution in [3.63, 3.8) is 0 Å². The van der Waals surface area contributed by atoms with Crippen molar-refractivity contribution < 1.29 is 14.3 Å². The Morgan fingerprint density at radius 1 is 1.38 bits per heavy atom. The van der Waals surface area contributed by atoms with Crippen molar-refractivity contribution in [3.8, 4) is 6.07 Å². The number of nitrogens with zero attached hydrogens (tertiary/aromatic N) is 3. The van der Waals surface area contributed by atoms with Gasteiger partial charge in [-0.25, -0.2) is 9.48 Å². The molecule has 1 aliphatic carbocycles. The molecule has 0 radical (unpaired) electrons. The second kappa shape index (κ2) is 6.59. The van der Waals surface area contributed by atoms with Gasteiger partial charge in [-0.05, 0) is 31.7 Å². The molecule has 3 rings (SSSR count). The Bertz CT molecular complexity index is 987. The maximum atomic E-state index is 12.4. The summed E-state index contributed by atoms with van der Waals surface area (Å²) in [7, 11) is 1.44. The van der Waals surface area contributed by atoms with Crippen LogP contribution in [0.25, 0.3) is 10.8 Å². The third-order valence-corrected chi connectivity index (χ3v) is 4.51. The van der Waals surface area contributed by atoms with E-state index >= 15 is 0 Å². The average Bonchev–Trinajstić information content (AvgIpc) is 3.48. The zero-order valence-electron chi connectivity index (χ0n) is 14.5. The minimum Gasteiger partial charge on any atom is -0.451 e. The summed E-state index contributed by atoms with van der Waals surface area (Å²) in [5.41, 5.74) is -1.32. The molecule has 1 fully saturated rings. The maximum Gasteiger partial charge on any atom is 0.359 e. The van der Waals surface area contributed by atoms with Crippen LogP contribution in [0.1, 0.15) is 30.3 Å². The molecule has 1 N–H and O–H groups in total. The van der Waals surface area contributed by atoms with Gasteiger partial charge < -0.3 is 10.1 Å². The van der Waals surface area contributed by atoms with Gasteiger partial charge in [0.25, 0.3) is 11.5 Å². The molecule has 8 nitrogen and oxygen atoms in total. The first-order valence-corrected chi connectivity index (χ1v) is 8.21. The molecular formula is C18H18N4O4. The Balaban J connectivity index is 1.74. The molecule has 1 saturated carbocycles. The number of aromatic nitrogens is 2. The van der Waals surface area contributed by atoms with Gasteiger partial charge in [0.1, 0.15) is 5.54 Å². The Labute approximate surface area is 149 Å². The number of benzene rings is 1. The summed E-state index contributed by atoms with van der Waals surface area (Å²) in [6.45, 7) is 1.13. The van der Waals surface area contributed by atoms with Gasteiger partial charge in [-0.3, -0.25) is 9.59 Å². The van der Waals surface area contributed by atoms with Crippen LogP contribution in [0.15, 0.2) is 29.1 Å². The minimum absolute atomic E-state index is 0.0410. The van der Waals surface area contributed by atoms with E-state index in [0.717, 1.165) is 17.5 Å². The van der Waals surface area contributed by atoms with Crippen LogP contribution < -0.4 is 10.9 Å². The third-order valence-electron chi connectivity index (χ3n) is 4.51. The number of esters is 1. The van der Waals surface area contributed by atoms with Gasteiger partial charge in [0.15, 0.2) is 12.3 Å². The van der Waals surface area contributed by atoms with Crippen LogP contribution in [0.4, 0.5) is 0 Å². The van der Waals surface area contributed by atoms with E-state index in [1.807, 2.05) is 0 Å². The van der Waals surface area contributed by atoms with Crippen LogP contribution in [-0.4, -0.2) is 33.8 Å². The number of nitrogens with one attached hydrogen (secondary N) is 1. The lowest BCUT2D eigenvalue weighted by Gasteiger charge is -2.22. The van der Waals surface area contributed by atoms with Crippen molar-refractivity contribution >= 4 is 22.6 Å². The van der Waals surface area contributed by atoms with Gasteiger partial charge >= 0.3 is 5.97 Å². The van der Waals surface area contributed by atoms with E-state index in [4.69, 9.17) is 4.74 Å². The number of rotatable bonds is 5. The predicted octanol–water partition coefficient (Wildman–Crippen LogP) is 0.899. The normalized spacial score (nSPS) is 15.7. The number of carbonyl (C=O) groups is 2. The molecule has 26 heavy (non-hydrogen) atoms. The van der Waals surface area contributed by atoms with Crippen molar-refractivity contribution in [2.75, 3.05) is 6.61 Å². The number of hydrogen-bond donors (Lipinski definition) is 1. The van der Waals surface area contributed by atoms with Crippen LogP contribution in [0.2, 0.25) is 0 Å². The Morgan fingerprint density at radius 3 is 2.65 bits per heavy atom. The molecule has 0 spiro atoms. The highest BCUT2D eigenvalue weighted by molar-refractivity contribution is 6.02. The van der Waals surface area contributed by atoms with Gasteiger partial charge in [-0.1, -0.05) is 18.2 Å². The number of amides is 1. The number of fused-ring (bicyclic) bond motifs is 1. The Hall–Kier alpha value is -3.21. The van der Waals surface area contributed by atoms with Crippen LogP contribution >= 0.6 is 0 Å². The largest absolute Gasteiger partial charge is 0.451 e. The second-order valence-electron chi connectivity index (χ2n) is 6.54. The summed E-state index contributed by atoms with van der Waals surface area (Å²) in [5, 5.41) is 16.5. The lowest BCUT2D eigenvalue weighted by Crippen LogP contribution is -2.48. The number of aryl methyl sites for hydroxylation is 1. The molecule has 2 aromatic rings. The fourth-order valence-electron chi connectivity index (χ4n) is 2.86. The number of hydrogen-bond acceptors (Lipinski definition) is 6. The summed E-state index contributed by atoms with van der Waals surface area (Å²) in [5.74, 6) is -1.23. The molecule has 1 aromatic carbocycles. The van der Waals surface area contributed by atoms with Crippen molar-refractivity contribution in [1.82, 2.24) is 15.1 Å². The highest BCUT2D eigenvalue weighted by Gasteiger charge is 2.43. The van der Waals surface area contributed by atoms with E-state index in [0.29, 0.717) is 10.8 Å². The van der Waals surface area contributed by atoms with Crippen LogP contribution in [0, 0.1) is 17.2 Å². The predicted molar refractivity (Wildman–Crippen MR) is 92.2 cm³/mol. The zero-order chi connectivity index (χ0) is 18.9. The van der Waals surface area contributed by atoms with Crippen molar-refractivity contribution in [2.45, 2.75) is 25.3 Å². The number of nitriles is 1. The second-order valence-corrected chi connectivity index (χ2v) is 6.54. The molecule has 134 valence electrons. The molecule has 1 heterocycles. The van der Waals surface area contributed by atoms with E-state index in [-0.39, 0.29) is 17.2 Å². The van der Waals surface area contributed by atoms with Gasteiger partial charge in [-0.15, -0.1) is 0 Å². The first-order chi connectivity index (χ1) is 12.4. The quantitative estimate of drug-likeness (QED) is 0.798. The van der Waals surface area contributed by atoms with E-state index in [1.165, 1.54) is 7.05 Å². The van der Waals surface area contributed by atoms with Gasteiger partial charge in [-0.2, -0.15) is 10.4 Å². The summed E-state index contributed by atoms with van der Waals surface area (Å²) < 4.78 is 6.10. The fraction of sp³-hybridized carbons (Fsp3) is 0.389. The molecule has 0 saturated heterocycles. The maximum absolute atomic E-state index is 12.4. The van der Waals surface area contributed by atoms with Gasteiger partial charge in [0.05, 0.1) is 11.5 Å². The number of carbonyl (C=O) groups excluding carboxylic acids is 2. The summed E-state index contributed by atoms with van der Waals surface area (Å²) in [6, 6.07) is 8.67. The van der Waals surface area contributed by atoms with Gasteiger partial charge in [0, 0.05) is 12.4 Å². The van der Waals surface area contributed by atoms with Crippen LogP contribution in [0.5, 0.6) is 0 Å². The van der Waals surface area contributed by atoms with Crippen LogP contribution in [-0.2, 0) is 16.6 Å². The van der Waals surface area contributed by atoms with E-state index in [1.54, 1.807) is 31.2 Å². The topological polar surface area (TPSA) is 114 Å². The first-order valence-electron chi connectivity index (χ1n) is 8.21. The molecule has 1 aliphatic rings. The van der Waals surface area contributed by atoms with E-state index < -0.39 is 24.0 Å². The Kier molecular flexibility index (Phi) is 4.47. The smallest absolute Gasteiger partial charge is 0.359 e. The molecular weight excluding hydrogens is 336 g/mol. The lowest BCUT2D eigenvalue weighted by atomic mass is 9.98. The minimum atomic E-state index is -0.953. The average molecular weight is 354 g/mol. The van der Waals surface area contributed by atoms with Gasteiger partial charge in [0.2, 0.25) is 0 Å². The van der Waals surface area contributed by atoms with Crippen LogP contribution in [0.3, 0.4) is 0 Å². The highest BCUT2D eigenvalue weighted by Crippen LogP contribution is 2.39. The fourth-order valence-corrected chi connectivity index (χ4v) is 2.86. The Morgan fingerprint density at radius 2 is 2.04 bits per heavy atom. The zero-order valence-corrected chi connectivity index (χ0v) is 14.5. The molecule has 8 heteroatoms. The van der Waals surface area contributed by atoms with E-state index in [9.17, 15) is 19.6 Å². The van der Waals surface area contributed by atoms with E-state index in [2.05, 4.69) is 16.5 Å². The summed E-state index contributed by atoms with van der Waals surface area (Å²) >= 11 is 0. The first kappa shape index (κ1) is 17.6.